The highest BCUT2D eigenvalue weighted by Crippen LogP contribution is 2.16. The molecule has 24 heavy (non-hydrogen) atoms. The Morgan fingerprint density at radius 3 is 2.29 bits per heavy atom. The van der Waals surface area contributed by atoms with Crippen LogP contribution in [-0.2, 0) is 16.0 Å². The monoisotopic (exact) mass is 344 g/mol. The van der Waals surface area contributed by atoms with Gasteiger partial charge in [-0.15, -0.1) is 10.2 Å². The van der Waals surface area contributed by atoms with Crippen molar-refractivity contribution < 1.29 is 9.59 Å². The number of carbonyl (C=O) groups excluding carboxylic acids is 2. The Bertz CT molecular complexity index is 687. The Hall–Kier alpha value is -2.41. The zero-order valence-corrected chi connectivity index (χ0v) is 14.5. The highest BCUT2D eigenvalue weighted by Gasteiger charge is 2.06. The van der Waals surface area contributed by atoms with Crippen LogP contribution in [0.4, 0.5) is 11.5 Å². The highest BCUT2D eigenvalue weighted by molar-refractivity contribution is 7.99. The van der Waals surface area contributed by atoms with Crippen LogP contribution in [0.5, 0.6) is 0 Å². The van der Waals surface area contributed by atoms with E-state index in [9.17, 15) is 9.59 Å². The van der Waals surface area contributed by atoms with Gasteiger partial charge in [-0.25, -0.2) is 0 Å². The van der Waals surface area contributed by atoms with Crippen molar-refractivity contribution in [2.75, 3.05) is 16.4 Å². The summed E-state index contributed by atoms with van der Waals surface area (Å²) in [4.78, 5) is 23.2. The van der Waals surface area contributed by atoms with Crippen LogP contribution in [0.2, 0.25) is 0 Å². The fraction of sp³-hybridized carbons (Fsp3) is 0.294. The minimum absolute atomic E-state index is 0.102. The van der Waals surface area contributed by atoms with Crippen LogP contribution < -0.4 is 10.6 Å². The van der Waals surface area contributed by atoms with Gasteiger partial charge in [0.05, 0.1) is 5.75 Å². The van der Waals surface area contributed by atoms with Crippen LogP contribution in [0.15, 0.2) is 41.4 Å². The van der Waals surface area contributed by atoms with E-state index < -0.39 is 0 Å². The molecule has 1 aromatic heterocycles. The average Bonchev–Trinajstić information content (AvgIpc) is 2.61. The highest BCUT2D eigenvalue weighted by atomic mass is 32.2. The van der Waals surface area contributed by atoms with Crippen LogP contribution in [0.25, 0.3) is 0 Å². The quantitative estimate of drug-likeness (QED) is 0.754. The molecule has 0 radical (unpaired) electrons. The molecular formula is C17H20N4O2S. The molecule has 0 spiro atoms. The van der Waals surface area contributed by atoms with Crippen molar-refractivity contribution in [3.8, 4) is 0 Å². The van der Waals surface area contributed by atoms with Crippen molar-refractivity contribution in [2.45, 2.75) is 31.7 Å². The number of aromatic nitrogens is 2. The average molecular weight is 344 g/mol. The first-order valence-electron chi connectivity index (χ1n) is 7.76. The first-order valence-corrected chi connectivity index (χ1v) is 8.74. The second-order valence-corrected chi connectivity index (χ2v) is 6.04. The molecule has 0 aliphatic heterocycles. The van der Waals surface area contributed by atoms with E-state index in [4.69, 9.17) is 0 Å². The summed E-state index contributed by atoms with van der Waals surface area (Å²) >= 11 is 1.29. The van der Waals surface area contributed by atoms with Gasteiger partial charge in [-0.1, -0.05) is 37.7 Å². The predicted molar refractivity (Wildman–Crippen MR) is 96.1 cm³/mol. The maximum Gasteiger partial charge on any atom is 0.234 e. The summed E-state index contributed by atoms with van der Waals surface area (Å²) in [5.41, 5.74) is 2.01. The van der Waals surface area contributed by atoms with Crippen LogP contribution in [0.1, 0.15) is 25.8 Å². The minimum Gasteiger partial charge on any atom is -0.325 e. The molecule has 0 atom stereocenters. The van der Waals surface area contributed by atoms with E-state index in [1.807, 2.05) is 24.3 Å². The molecule has 2 rings (SSSR count). The molecule has 0 aliphatic carbocycles. The van der Waals surface area contributed by atoms with Gasteiger partial charge < -0.3 is 10.6 Å². The lowest BCUT2D eigenvalue weighted by atomic mass is 10.1. The third kappa shape index (κ3) is 5.66. The third-order valence-corrected chi connectivity index (χ3v) is 4.15. The number of amides is 2. The SMILES string of the molecule is CCC(=O)Nc1ccc(SCC(=O)Nc2ccc(CC)cc2)nn1. The van der Waals surface area contributed by atoms with Gasteiger partial charge in [-0.2, -0.15) is 0 Å². The van der Waals surface area contributed by atoms with Crippen LogP contribution in [-0.4, -0.2) is 27.8 Å². The van der Waals surface area contributed by atoms with Crippen LogP contribution >= 0.6 is 11.8 Å². The normalized spacial score (nSPS) is 10.2. The minimum atomic E-state index is -0.113. The van der Waals surface area contributed by atoms with Crippen LogP contribution in [0, 0.1) is 0 Å². The summed E-state index contributed by atoms with van der Waals surface area (Å²) in [7, 11) is 0. The van der Waals surface area contributed by atoms with Crippen molar-refractivity contribution in [3.05, 3.63) is 42.0 Å². The van der Waals surface area contributed by atoms with E-state index in [1.54, 1.807) is 19.1 Å². The zero-order chi connectivity index (χ0) is 17.4. The maximum atomic E-state index is 12.0. The van der Waals surface area contributed by atoms with Crippen molar-refractivity contribution >= 4 is 35.1 Å². The van der Waals surface area contributed by atoms with E-state index in [2.05, 4.69) is 27.8 Å². The first kappa shape index (κ1) is 17.9. The van der Waals surface area contributed by atoms with Gasteiger partial charge in [0.1, 0.15) is 5.03 Å². The van der Waals surface area contributed by atoms with Gasteiger partial charge in [0, 0.05) is 12.1 Å². The number of anilines is 2. The lowest BCUT2D eigenvalue weighted by molar-refractivity contribution is -0.116. The molecule has 1 aromatic carbocycles. The lowest BCUT2D eigenvalue weighted by Gasteiger charge is -2.06. The molecule has 2 amide bonds. The number of nitrogens with one attached hydrogen (secondary N) is 2. The standard InChI is InChI=1S/C17H20N4O2S/c1-3-12-5-7-13(8-6-12)18-16(23)11-24-17-10-9-14(20-21-17)19-15(22)4-2/h5-10H,3-4,11H2,1-2H3,(H,18,23)(H,19,20,22). The fourth-order valence-corrected chi connectivity index (χ4v) is 2.47. The number of hydrogen-bond acceptors (Lipinski definition) is 5. The van der Waals surface area contributed by atoms with E-state index in [0.29, 0.717) is 17.3 Å². The van der Waals surface area contributed by atoms with Gasteiger partial charge in [-0.3, -0.25) is 9.59 Å². The molecule has 0 saturated heterocycles. The largest absolute Gasteiger partial charge is 0.325 e. The molecule has 2 aromatic rings. The smallest absolute Gasteiger partial charge is 0.234 e. The Kier molecular flexibility index (Phi) is 6.74. The number of benzene rings is 1. The Balaban J connectivity index is 1.81. The van der Waals surface area contributed by atoms with Crippen LogP contribution in [0.3, 0.4) is 0 Å². The zero-order valence-electron chi connectivity index (χ0n) is 13.7. The molecule has 0 fully saturated rings. The summed E-state index contributed by atoms with van der Waals surface area (Å²) in [5.74, 6) is 0.435. The molecule has 7 heteroatoms. The molecule has 0 aliphatic rings. The molecule has 0 bridgehead atoms. The predicted octanol–water partition coefficient (Wildman–Crippen LogP) is 3.12. The fourth-order valence-electron chi connectivity index (χ4n) is 1.86. The molecule has 1 heterocycles. The second-order valence-electron chi connectivity index (χ2n) is 5.05. The number of thioether (sulfide) groups is 1. The first-order chi connectivity index (χ1) is 11.6. The summed E-state index contributed by atoms with van der Waals surface area (Å²) in [6.07, 6.45) is 1.36. The number of carbonyl (C=O) groups is 2. The summed E-state index contributed by atoms with van der Waals surface area (Å²) < 4.78 is 0. The number of nitrogens with zero attached hydrogens (tertiary/aromatic N) is 2. The Labute approximate surface area is 145 Å². The summed E-state index contributed by atoms with van der Waals surface area (Å²) in [5, 5.41) is 14.0. The molecule has 0 unspecified atom stereocenters. The number of rotatable bonds is 7. The van der Waals surface area contributed by atoms with Crippen molar-refractivity contribution in [1.29, 1.82) is 0 Å². The topological polar surface area (TPSA) is 84.0 Å². The van der Waals surface area contributed by atoms with E-state index >= 15 is 0 Å². The molecule has 2 N–H and O–H groups in total. The van der Waals surface area contributed by atoms with Gasteiger partial charge in [0.15, 0.2) is 5.82 Å². The number of hydrogen-bond donors (Lipinski definition) is 2. The Morgan fingerprint density at radius 2 is 1.71 bits per heavy atom. The molecular weight excluding hydrogens is 324 g/mol. The third-order valence-electron chi connectivity index (χ3n) is 3.23. The van der Waals surface area contributed by atoms with Crippen molar-refractivity contribution in [2.24, 2.45) is 0 Å². The molecule has 6 nitrogen and oxygen atoms in total. The number of aryl methyl sites for hydroxylation is 1. The van der Waals surface area contributed by atoms with E-state index in [0.717, 1.165) is 12.1 Å². The van der Waals surface area contributed by atoms with Crippen molar-refractivity contribution in [3.63, 3.8) is 0 Å². The molecule has 0 saturated carbocycles. The Morgan fingerprint density at radius 1 is 0.958 bits per heavy atom. The summed E-state index contributed by atoms with van der Waals surface area (Å²) in [6, 6.07) is 11.2. The summed E-state index contributed by atoms with van der Waals surface area (Å²) in [6.45, 7) is 3.85. The van der Waals surface area contributed by atoms with Gasteiger partial charge in [0.25, 0.3) is 0 Å². The second kappa shape index (κ2) is 9.02. The van der Waals surface area contributed by atoms with Crippen molar-refractivity contribution in [1.82, 2.24) is 10.2 Å². The van der Waals surface area contributed by atoms with E-state index in [-0.39, 0.29) is 17.6 Å². The van der Waals surface area contributed by atoms with Gasteiger partial charge >= 0.3 is 0 Å². The maximum absolute atomic E-state index is 12.0. The lowest BCUT2D eigenvalue weighted by Crippen LogP contribution is -2.14. The van der Waals surface area contributed by atoms with Gasteiger partial charge in [0.2, 0.25) is 11.8 Å². The molecule has 126 valence electrons. The van der Waals surface area contributed by atoms with E-state index in [1.165, 1.54) is 17.3 Å². The van der Waals surface area contributed by atoms with Gasteiger partial charge in [-0.05, 0) is 36.2 Å².